The summed E-state index contributed by atoms with van der Waals surface area (Å²) in [6, 6.07) is 1.74. The minimum Gasteiger partial charge on any atom is -0.381 e. The fourth-order valence-corrected chi connectivity index (χ4v) is 4.06. The summed E-state index contributed by atoms with van der Waals surface area (Å²) < 4.78 is 42.0. The van der Waals surface area contributed by atoms with Crippen LogP contribution in [0.3, 0.4) is 0 Å². The number of aromatic nitrogens is 5. The maximum absolute atomic E-state index is 13.2. The highest BCUT2D eigenvalue weighted by Crippen LogP contribution is 2.34. The molecule has 0 bridgehead atoms. The molecule has 9 nitrogen and oxygen atoms in total. The summed E-state index contributed by atoms with van der Waals surface area (Å²) in [4.78, 5) is 17.5. The first-order chi connectivity index (χ1) is 14.6. The first-order valence-corrected chi connectivity index (χ1v) is 9.97. The smallest absolute Gasteiger partial charge is 0.381 e. The van der Waals surface area contributed by atoms with E-state index in [2.05, 4.69) is 20.5 Å². The molecule has 3 aromatic rings. The molecule has 0 aliphatic heterocycles. The Morgan fingerprint density at radius 3 is 2.71 bits per heavy atom. The van der Waals surface area contributed by atoms with Crippen molar-refractivity contribution in [2.24, 2.45) is 12.8 Å². The lowest BCUT2D eigenvalue weighted by Gasteiger charge is -2.20. The summed E-state index contributed by atoms with van der Waals surface area (Å²) in [5.74, 6) is -0.958. The largest absolute Gasteiger partial charge is 0.437 e. The molecule has 1 amide bonds. The predicted molar refractivity (Wildman–Crippen MR) is 107 cm³/mol. The lowest BCUT2D eigenvalue weighted by atomic mass is 9.92. The Bertz CT molecular complexity index is 1120. The molecule has 5 N–H and O–H groups in total. The standard InChI is InChI=1S/C19H23F3N8O/c1-29-9-13(15(27-29)19(20,21)22)26-18(31)14-16(24)28-30-8-7-12(25-17(14)30)10-5-3-2-4-6-11(10)23/h7-11H,2-6,23H2,1H3,(H2,24,28)(H,26,31). The molecule has 0 spiro atoms. The first kappa shape index (κ1) is 21.1. The minimum atomic E-state index is -4.72. The monoisotopic (exact) mass is 436 g/mol. The summed E-state index contributed by atoms with van der Waals surface area (Å²) in [7, 11) is 1.33. The Morgan fingerprint density at radius 1 is 1.23 bits per heavy atom. The number of nitrogen functional groups attached to an aromatic ring is 1. The zero-order valence-electron chi connectivity index (χ0n) is 16.9. The molecule has 1 aliphatic carbocycles. The molecule has 1 aliphatic rings. The summed E-state index contributed by atoms with van der Waals surface area (Å²) in [6.07, 6.45) is 2.93. The van der Waals surface area contributed by atoms with Gasteiger partial charge >= 0.3 is 6.18 Å². The number of rotatable bonds is 3. The molecule has 3 aromatic heterocycles. The van der Waals surface area contributed by atoms with Gasteiger partial charge in [0.1, 0.15) is 5.56 Å². The Kier molecular flexibility index (Phi) is 5.33. The van der Waals surface area contributed by atoms with Crippen LogP contribution in [0.4, 0.5) is 24.7 Å². The van der Waals surface area contributed by atoms with E-state index in [-0.39, 0.29) is 29.0 Å². The van der Waals surface area contributed by atoms with Crippen molar-refractivity contribution >= 4 is 23.1 Å². The van der Waals surface area contributed by atoms with Gasteiger partial charge in [-0.05, 0) is 18.9 Å². The minimum absolute atomic E-state index is 0.0229. The lowest BCUT2D eigenvalue weighted by molar-refractivity contribution is -0.140. The number of hydrogen-bond acceptors (Lipinski definition) is 6. The van der Waals surface area contributed by atoms with Gasteiger partial charge in [0.05, 0.1) is 5.69 Å². The zero-order chi connectivity index (χ0) is 22.3. The van der Waals surface area contributed by atoms with E-state index >= 15 is 0 Å². The molecule has 166 valence electrons. The van der Waals surface area contributed by atoms with Crippen molar-refractivity contribution in [1.29, 1.82) is 0 Å². The lowest BCUT2D eigenvalue weighted by Crippen LogP contribution is -2.28. The van der Waals surface area contributed by atoms with Crippen LogP contribution >= 0.6 is 0 Å². The number of nitrogens with two attached hydrogens (primary N) is 2. The molecule has 0 radical (unpaired) electrons. The normalized spacial score (nSPS) is 20.0. The molecule has 2 unspecified atom stereocenters. The number of aryl methyl sites for hydroxylation is 1. The number of carbonyl (C=O) groups excluding carboxylic acids is 1. The van der Waals surface area contributed by atoms with E-state index in [0.29, 0.717) is 5.69 Å². The number of alkyl halides is 3. The van der Waals surface area contributed by atoms with Crippen LogP contribution in [0.5, 0.6) is 0 Å². The molecule has 0 aromatic carbocycles. The predicted octanol–water partition coefficient (Wildman–Crippen LogP) is 2.69. The summed E-state index contributed by atoms with van der Waals surface area (Å²) >= 11 is 0. The topological polar surface area (TPSA) is 129 Å². The third kappa shape index (κ3) is 4.07. The van der Waals surface area contributed by atoms with Crippen molar-refractivity contribution in [3.63, 3.8) is 0 Å². The second-order valence-electron chi connectivity index (χ2n) is 7.81. The van der Waals surface area contributed by atoms with Gasteiger partial charge in [0.25, 0.3) is 5.91 Å². The number of carbonyl (C=O) groups is 1. The van der Waals surface area contributed by atoms with Crippen molar-refractivity contribution in [2.75, 3.05) is 11.1 Å². The van der Waals surface area contributed by atoms with Gasteiger partial charge in [-0.1, -0.05) is 19.3 Å². The van der Waals surface area contributed by atoms with Crippen LogP contribution in [0.1, 0.15) is 59.8 Å². The van der Waals surface area contributed by atoms with Crippen molar-refractivity contribution < 1.29 is 18.0 Å². The van der Waals surface area contributed by atoms with Gasteiger partial charge in [0, 0.05) is 37.1 Å². The van der Waals surface area contributed by atoms with Crippen LogP contribution in [0.2, 0.25) is 0 Å². The van der Waals surface area contributed by atoms with Crippen LogP contribution in [-0.4, -0.2) is 36.3 Å². The van der Waals surface area contributed by atoms with E-state index < -0.39 is 23.5 Å². The Balaban J connectivity index is 1.71. The number of halogens is 3. The first-order valence-electron chi connectivity index (χ1n) is 9.97. The highest BCUT2D eigenvalue weighted by Gasteiger charge is 2.38. The zero-order valence-corrected chi connectivity index (χ0v) is 16.9. The van der Waals surface area contributed by atoms with Gasteiger partial charge in [0.15, 0.2) is 17.2 Å². The molecule has 0 saturated heterocycles. The molecule has 3 heterocycles. The van der Waals surface area contributed by atoms with Gasteiger partial charge in [-0.3, -0.25) is 9.48 Å². The van der Waals surface area contributed by atoms with Crippen LogP contribution in [0, 0.1) is 0 Å². The Labute approximate surface area is 175 Å². The second kappa shape index (κ2) is 7.84. The molecular formula is C19H23F3N8O. The third-order valence-electron chi connectivity index (χ3n) is 5.56. The number of nitrogens with zero attached hydrogens (tertiary/aromatic N) is 5. The number of fused-ring (bicyclic) bond motifs is 1. The number of nitrogens with one attached hydrogen (secondary N) is 1. The fourth-order valence-electron chi connectivity index (χ4n) is 4.06. The van der Waals surface area contributed by atoms with Crippen LogP contribution in [0.15, 0.2) is 18.5 Å². The van der Waals surface area contributed by atoms with E-state index in [9.17, 15) is 18.0 Å². The van der Waals surface area contributed by atoms with Crippen molar-refractivity contribution in [3.8, 4) is 0 Å². The van der Waals surface area contributed by atoms with Crippen molar-refractivity contribution in [3.05, 3.63) is 35.4 Å². The highest BCUT2D eigenvalue weighted by molar-refractivity contribution is 6.11. The summed E-state index contributed by atoms with van der Waals surface area (Å²) in [5.41, 5.74) is 11.4. The average Bonchev–Trinajstić information content (AvgIpc) is 3.13. The van der Waals surface area contributed by atoms with Crippen molar-refractivity contribution in [1.82, 2.24) is 24.4 Å². The maximum atomic E-state index is 13.2. The second-order valence-corrected chi connectivity index (χ2v) is 7.81. The molecule has 1 fully saturated rings. The van der Waals surface area contributed by atoms with Crippen molar-refractivity contribution in [2.45, 2.75) is 50.2 Å². The number of hydrogen-bond donors (Lipinski definition) is 3. The molecule has 12 heteroatoms. The van der Waals surface area contributed by atoms with Gasteiger partial charge < -0.3 is 16.8 Å². The maximum Gasteiger partial charge on any atom is 0.437 e. The van der Waals surface area contributed by atoms with E-state index in [1.807, 2.05) is 0 Å². The average molecular weight is 436 g/mol. The molecule has 31 heavy (non-hydrogen) atoms. The Morgan fingerprint density at radius 2 is 1.97 bits per heavy atom. The van der Waals surface area contributed by atoms with Gasteiger partial charge in [-0.15, -0.1) is 5.10 Å². The van der Waals surface area contributed by atoms with E-state index in [1.165, 1.54) is 11.6 Å². The summed E-state index contributed by atoms with van der Waals surface area (Å²) in [5, 5.41) is 9.71. The summed E-state index contributed by atoms with van der Waals surface area (Å²) in [6.45, 7) is 0. The molecule has 4 rings (SSSR count). The highest BCUT2D eigenvalue weighted by atomic mass is 19.4. The van der Waals surface area contributed by atoms with Gasteiger partial charge in [0.2, 0.25) is 0 Å². The van der Waals surface area contributed by atoms with Crippen LogP contribution in [0.25, 0.3) is 5.65 Å². The fraction of sp³-hybridized carbons (Fsp3) is 0.474. The SMILES string of the molecule is Cn1cc(NC(=O)c2c(N)nn3ccc(C4CCCCCC4N)nc23)c(C(F)(F)F)n1. The molecule has 1 saturated carbocycles. The molecular weight excluding hydrogens is 413 g/mol. The Hall–Kier alpha value is -3.15. The third-order valence-corrected chi connectivity index (χ3v) is 5.56. The van der Waals surface area contributed by atoms with Gasteiger partial charge in [-0.25, -0.2) is 9.50 Å². The number of anilines is 2. The van der Waals surface area contributed by atoms with E-state index in [0.717, 1.165) is 43.0 Å². The van der Waals surface area contributed by atoms with Crippen LogP contribution < -0.4 is 16.8 Å². The van der Waals surface area contributed by atoms with E-state index in [4.69, 9.17) is 11.5 Å². The molecule has 2 atom stereocenters. The number of amides is 1. The van der Waals surface area contributed by atoms with Gasteiger partial charge in [-0.2, -0.15) is 18.3 Å². The quantitative estimate of drug-likeness (QED) is 0.542. The van der Waals surface area contributed by atoms with E-state index in [1.54, 1.807) is 12.3 Å². The van der Waals surface area contributed by atoms with Crippen LogP contribution in [-0.2, 0) is 13.2 Å².